The summed E-state index contributed by atoms with van der Waals surface area (Å²) in [7, 11) is 1.53. The van der Waals surface area contributed by atoms with Crippen molar-refractivity contribution in [1.82, 2.24) is 25.3 Å². The number of nitrogens with zero attached hydrogens (tertiary/aromatic N) is 4. The van der Waals surface area contributed by atoms with Gasteiger partial charge in [0.05, 0.1) is 30.5 Å². The smallest absolute Gasteiger partial charge is 0.316 e. The molecule has 0 radical (unpaired) electrons. The van der Waals surface area contributed by atoms with Crippen molar-refractivity contribution in [2.75, 3.05) is 7.11 Å². The Morgan fingerprint density at radius 2 is 1.86 bits per heavy atom. The molecule has 3 aromatic heterocycles. The molecule has 1 amide bonds. The van der Waals surface area contributed by atoms with E-state index in [0.29, 0.717) is 24.5 Å². The number of para-hydroxylation sites is 1. The van der Waals surface area contributed by atoms with E-state index in [9.17, 15) is 9.90 Å². The zero-order valence-corrected chi connectivity index (χ0v) is 19.5. The zero-order chi connectivity index (χ0) is 24.2. The van der Waals surface area contributed by atoms with Crippen molar-refractivity contribution in [3.8, 4) is 17.3 Å². The van der Waals surface area contributed by atoms with Crippen LogP contribution in [0.15, 0.2) is 61.1 Å². The van der Waals surface area contributed by atoms with Crippen LogP contribution in [0.3, 0.4) is 0 Å². The van der Waals surface area contributed by atoms with Gasteiger partial charge < -0.3 is 15.2 Å². The molecule has 0 unspecified atom stereocenters. The van der Waals surface area contributed by atoms with Gasteiger partial charge in [0.15, 0.2) is 0 Å². The summed E-state index contributed by atoms with van der Waals surface area (Å²) >= 11 is 0. The summed E-state index contributed by atoms with van der Waals surface area (Å²) < 4.78 is 5.01. The molecule has 8 heteroatoms. The number of aliphatic hydroxyl groups excluding tert-OH is 1. The van der Waals surface area contributed by atoms with Crippen LogP contribution in [0, 0.1) is 0 Å². The van der Waals surface area contributed by atoms with Gasteiger partial charge in [0.25, 0.3) is 5.91 Å². The number of pyridine rings is 2. The van der Waals surface area contributed by atoms with E-state index in [2.05, 4.69) is 25.3 Å². The summed E-state index contributed by atoms with van der Waals surface area (Å²) in [5.74, 6) is -0.254. The van der Waals surface area contributed by atoms with Crippen LogP contribution < -0.4 is 10.1 Å². The lowest BCUT2D eigenvalue weighted by molar-refractivity contribution is 0.0714. The van der Waals surface area contributed by atoms with Crippen LogP contribution in [0.2, 0.25) is 0 Å². The van der Waals surface area contributed by atoms with Crippen LogP contribution in [0.5, 0.6) is 6.01 Å². The largest absolute Gasteiger partial charge is 0.467 e. The predicted molar refractivity (Wildman–Crippen MR) is 132 cm³/mol. The van der Waals surface area contributed by atoms with Gasteiger partial charge in [-0.15, -0.1) is 0 Å². The molecule has 2 N–H and O–H groups in total. The Labute approximate surface area is 203 Å². The number of amides is 1. The zero-order valence-electron chi connectivity index (χ0n) is 19.5. The minimum Gasteiger partial charge on any atom is -0.467 e. The van der Waals surface area contributed by atoms with E-state index in [4.69, 9.17) is 4.74 Å². The van der Waals surface area contributed by atoms with Crippen molar-refractivity contribution >= 4 is 16.8 Å². The van der Waals surface area contributed by atoms with Crippen LogP contribution in [-0.2, 0) is 6.42 Å². The molecule has 1 aliphatic rings. The second-order valence-electron chi connectivity index (χ2n) is 8.80. The number of hydrogen-bond donors (Lipinski definition) is 2. The van der Waals surface area contributed by atoms with Crippen LogP contribution in [0.1, 0.15) is 47.3 Å². The number of ether oxygens (including phenoxy) is 1. The average Bonchev–Trinajstić information content (AvgIpc) is 2.90. The highest BCUT2D eigenvalue weighted by Gasteiger charge is 2.25. The number of carbonyl (C=O) groups excluding carboxylic acids is 1. The summed E-state index contributed by atoms with van der Waals surface area (Å²) in [5.41, 5.74) is 4.69. The number of aliphatic hydroxyl groups is 1. The normalized spacial score (nSPS) is 17.8. The molecule has 1 aromatic carbocycles. The summed E-state index contributed by atoms with van der Waals surface area (Å²) in [6.07, 6.45) is 8.77. The molecule has 8 nitrogen and oxygen atoms in total. The van der Waals surface area contributed by atoms with Gasteiger partial charge in [-0.05, 0) is 48.6 Å². The van der Waals surface area contributed by atoms with E-state index in [1.54, 1.807) is 12.4 Å². The summed E-state index contributed by atoms with van der Waals surface area (Å²) in [5, 5.41) is 14.2. The second kappa shape index (κ2) is 10.1. The maximum absolute atomic E-state index is 13.0. The number of aromatic nitrogens is 4. The third-order valence-corrected chi connectivity index (χ3v) is 6.41. The van der Waals surface area contributed by atoms with Gasteiger partial charge in [0.2, 0.25) is 0 Å². The monoisotopic (exact) mass is 469 g/mol. The summed E-state index contributed by atoms with van der Waals surface area (Å²) in [4.78, 5) is 30.5. The number of carbonyl (C=O) groups is 1. The fourth-order valence-electron chi connectivity index (χ4n) is 4.51. The molecule has 1 aliphatic carbocycles. The Morgan fingerprint density at radius 3 is 2.60 bits per heavy atom. The standard InChI is InChI=1S/C27H27N5O3/c1-35-27-29-15-19(16-30-27)21-11-10-17(14-28-21)12-18-13-24(31-22-7-3-2-6-20(18)22)26(34)32-23-8-4-5-9-25(23)33/h2-3,6-7,10-11,13-16,23,25,33H,4-5,8-9,12H2,1H3,(H,32,34)/t23-,25-/m0/s1. The Balaban J connectivity index is 1.39. The number of hydrogen-bond acceptors (Lipinski definition) is 7. The Hall–Kier alpha value is -3.91. The SMILES string of the molecule is COc1ncc(-c2ccc(Cc3cc(C(=O)N[C@H]4CCCC[C@@H]4O)nc4ccccc34)cn2)cn1. The number of benzene rings is 1. The molecule has 3 heterocycles. The van der Waals surface area contributed by atoms with Crippen molar-refractivity contribution in [3.05, 3.63) is 77.9 Å². The molecule has 5 rings (SSSR count). The van der Waals surface area contributed by atoms with E-state index >= 15 is 0 Å². The van der Waals surface area contributed by atoms with Crippen LogP contribution in [0.4, 0.5) is 0 Å². The molecule has 0 spiro atoms. The molecule has 1 fully saturated rings. The first-order chi connectivity index (χ1) is 17.1. The average molecular weight is 470 g/mol. The third-order valence-electron chi connectivity index (χ3n) is 6.41. The van der Waals surface area contributed by atoms with E-state index < -0.39 is 6.10 Å². The third kappa shape index (κ3) is 5.12. The molecule has 1 saturated carbocycles. The van der Waals surface area contributed by atoms with Crippen molar-refractivity contribution in [3.63, 3.8) is 0 Å². The van der Waals surface area contributed by atoms with E-state index in [1.807, 2.05) is 48.7 Å². The summed E-state index contributed by atoms with van der Waals surface area (Å²) in [6.45, 7) is 0. The van der Waals surface area contributed by atoms with Crippen LogP contribution in [-0.4, -0.2) is 50.2 Å². The van der Waals surface area contributed by atoms with Gasteiger partial charge in [-0.25, -0.2) is 15.0 Å². The van der Waals surface area contributed by atoms with Crippen molar-refractivity contribution in [2.24, 2.45) is 0 Å². The first kappa shape index (κ1) is 22.9. The Bertz CT molecular complexity index is 1330. The fourth-order valence-corrected chi connectivity index (χ4v) is 4.51. The lowest BCUT2D eigenvalue weighted by Gasteiger charge is -2.28. The first-order valence-electron chi connectivity index (χ1n) is 11.8. The minimum absolute atomic E-state index is 0.230. The highest BCUT2D eigenvalue weighted by molar-refractivity contribution is 5.96. The quantitative estimate of drug-likeness (QED) is 0.443. The fraction of sp³-hybridized carbons (Fsp3) is 0.296. The second-order valence-corrected chi connectivity index (χ2v) is 8.80. The van der Waals surface area contributed by atoms with E-state index in [-0.39, 0.29) is 11.9 Å². The summed E-state index contributed by atoms with van der Waals surface area (Å²) in [6, 6.07) is 13.7. The highest BCUT2D eigenvalue weighted by atomic mass is 16.5. The molecular weight excluding hydrogens is 442 g/mol. The molecule has 0 saturated heterocycles. The number of fused-ring (bicyclic) bond motifs is 1. The number of methoxy groups -OCH3 is 1. The number of rotatable bonds is 6. The van der Waals surface area contributed by atoms with Gasteiger partial charge in [-0.2, -0.15) is 0 Å². The van der Waals surface area contributed by atoms with Gasteiger partial charge >= 0.3 is 6.01 Å². The van der Waals surface area contributed by atoms with E-state index in [1.165, 1.54) is 7.11 Å². The number of nitrogens with one attached hydrogen (secondary N) is 1. The van der Waals surface area contributed by atoms with Gasteiger partial charge in [0.1, 0.15) is 5.69 Å². The lowest BCUT2D eigenvalue weighted by Crippen LogP contribution is -2.45. The Morgan fingerprint density at radius 1 is 1.06 bits per heavy atom. The molecule has 0 bridgehead atoms. The predicted octanol–water partition coefficient (Wildman–Crippen LogP) is 3.72. The molecule has 35 heavy (non-hydrogen) atoms. The minimum atomic E-state index is -0.506. The lowest BCUT2D eigenvalue weighted by atomic mass is 9.92. The van der Waals surface area contributed by atoms with Crippen molar-refractivity contribution in [2.45, 2.75) is 44.2 Å². The van der Waals surface area contributed by atoms with Gasteiger partial charge in [-0.1, -0.05) is 37.1 Å². The molecule has 178 valence electrons. The Kier molecular flexibility index (Phi) is 6.63. The maximum atomic E-state index is 13.0. The van der Waals surface area contributed by atoms with Gasteiger partial charge in [-0.3, -0.25) is 9.78 Å². The van der Waals surface area contributed by atoms with Crippen LogP contribution in [0.25, 0.3) is 22.2 Å². The molecule has 2 atom stereocenters. The maximum Gasteiger partial charge on any atom is 0.316 e. The van der Waals surface area contributed by atoms with Crippen molar-refractivity contribution < 1.29 is 14.6 Å². The first-order valence-corrected chi connectivity index (χ1v) is 11.8. The molecule has 4 aromatic rings. The topological polar surface area (TPSA) is 110 Å². The van der Waals surface area contributed by atoms with Crippen LogP contribution >= 0.6 is 0 Å². The van der Waals surface area contributed by atoms with E-state index in [0.717, 1.165) is 52.5 Å². The molecule has 0 aliphatic heterocycles. The molecular formula is C27H27N5O3. The highest BCUT2D eigenvalue weighted by Crippen LogP contribution is 2.24. The van der Waals surface area contributed by atoms with Crippen molar-refractivity contribution in [1.29, 1.82) is 0 Å². The van der Waals surface area contributed by atoms with Gasteiger partial charge in [0, 0.05) is 29.5 Å².